The number of hydrogen-bond donors (Lipinski definition) is 1. The van der Waals surface area contributed by atoms with E-state index in [1.54, 1.807) is 0 Å². The number of hydrogen-bond acceptors (Lipinski definition) is 2. The average Bonchev–Trinajstić information content (AvgIpc) is 2.70. The van der Waals surface area contributed by atoms with Gasteiger partial charge >= 0.3 is 0 Å². The molecule has 2 aliphatic heterocycles. The van der Waals surface area contributed by atoms with Crippen molar-refractivity contribution in [3.8, 4) is 0 Å². The molecular weight excluding hydrogens is 250 g/mol. The molecule has 3 heteroatoms. The Labute approximate surface area is 123 Å². The molecule has 1 amide bonds. The van der Waals surface area contributed by atoms with Crippen LogP contribution in [0.5, 0.6) is 0 Å². The van der Waals surface area contributed by atoms with E-state index >= 15 is 0 Å². The predicted molar refractivity (Wildman–Crippen MR) is 81.5 cm³/mol. The van der Waals surface area contributed by atoms with E-state index in [0.717, 1.165) is 38.5 Å². The lowest BCUT2D eigenvalue weighted by atomic mass is 9.99. The molecule has 2 heterocycles. The van der Waals surface area contributed by atoms with Gasteiger partial charge in [0.25, 0.3) is 0 Å². The Bertz CT molecular complexity index is 291. The Morgan fingerprint density at radius 3 is 2.15 bits per heavy atom. The number of aliphatic hydroxyl groups is 1. The van der Waals surface area contributed by atoms with Crippen molar-refractivity contribution >= 4 is 5.91 Å². The van der Waals surface area contributed by atoms with Gasteiger partial charge in [-0.2, -0.15) is 0 Å². The summed E-state index contributed by atoms with van der Waals surface area (Å²) in [7, 11) is 0. The van der Waals surface area contributed by atoms with Crippen molar-refractivity contribution in [3.05, 3.63) is 0 Å². The van der Waals surface area contributed by atoms with E-state index in [1.165, 1.54) is 38.5 Å². The van der Waals surface area contributed by atoms with Crippen LogP contribution in [0.1, 0.15) is 84.0 Å². The van der Waals surface area contributed by atoms with Crippen molar-refractivity contribution in [1.82, 2.24) is 4.90 Å². The molecule has 0 spiro atoms. The zero-order valence-corrected chi connectivity index (χ0v) is 13.0. The van der Waals surface area contributed by atoms with Gasteiger partial charge < -0.3 is 10.0 Å². The van der Waals surface area contributed by atoms with Gasteiger partial charge in [0.05, 0.1) is 6.10 Å². The third-order valence-corrected chi connectivity index (χ3v) is 4.99. The van der Waals surface area contributed by atoms with Crippen molar-refractivity contribution in [2.45, 2.75) is 102 Å². The fourth-order valence-electron chi connectivity index (χ4n) is 3.92. The van der Waals surface area contributed by atoms with E-state index in [2.05, 4.69) is 11.8 Å². The highest BCUT2D eigenvalue weighted by Gasteiger charge is 2.42. The first-order valence-electron chi connectivity index (χ1n) is 8.71. The van der Waals surface area contributed by atoms with E-state index in [0.29, 0.717) is 18.0 Å². The number of rotatable bonds is 8. The molecule has 0 saturated carbocycles. The van der Waals surface area contributed by atoms with Gasteiger partial charge in [0, 0.05) is 18.5 Å². The quantitative estimate of drug-likeness (QED) is 0.690. The summed E-state index contributed by atoms with van der Waals surface area (Å²) < 4.78 is 0. The SMILES string of the molecule is CCCCCCCCCC(=O)N1C2CCC1CC(O)C2. The topological polar surface area (TPSA) is 40.5 Å². The monoisotopic (exact) mass is 281 g/mol. The molecule has 0 radical (unpaired) electrons. The lowest BCUT2D eigenvalue weighted by Crippen LogP contribution is -2.47. The third-order valence-electron chi connectivity index (χ3n) is 4.99. The molecule has 2 rings (SSSR count). The summed E-state index contributed by atoms with van der Waals surface area (Å²) in [5.74, 6) is 0.345. The van der Waals surface area contributed by atoms with Crippen LogP contribution in [0, 0.1) is 0 Å². The van der Waals surface area contributed by atoms with Gasteiger partial charge in [-0.3, -0.25) is 4.79 Å². The van der Waals surface area contributed by atoms with E-state index in [1.807, 2.05) is 0 Å². The number of piperidine rings is 1. The first-order valence-corrected chi connectivity index (χ1v) is 8.71. The van der Waals surface area contributed by atoms with Gasteiger partial charge in [0.15, 0.2) is 0 Å². The number of carbonyl (C=O) groups excluding carboxylic acids is 1. The molecule has 0 aromatic heterocycles. The van der Waals surface area contributed by atoms with Crippen LogP contribution in [0.25, 0.3) is 0 Å². The summed E-state index contributed by atoms with van der Waals surface area (Å²) in [6, 6.07) is 0.668. The minimum absolute atomic E-state index is 0.171. The van der Waals surface area contributed by atoms with Gasteiger partial charge in [-0.15, -0.1) is 0 Å². The van der Waals surface area contributed by atoms with Crippen LogP contribution in [-0.2, 0) is 4.79 Å². The maximum absolute atomic E-state index is 12.3. The first kappa shape index (κ1) is 15.8. The average molecular weight is 281 g/mol. The van der Waals surface area contributed by atoms with Crippen LogP contribution in [0.15, 0.2) is 0 Å². The second-order valence-electron chi connectivity index (χ2n) is 6.68. The maximum Gasteiger partial charge on any atom is 0.223 e. The van der Waals surface area contributed by atoms with Gasteiger partial charge in [-0.05, 0) is 32.1 Å². The molecule has 3 nitrogen and oxygen atoms in total. The molecule has 0 aromatic carbocycles. The van der Waals surface area contributed by atoms with E-state index in [-0.39, 0.29) is 6.10 Å². The fraction of sp³-hybridized carbons (Fsp3) is 0.941. The Balaban J connectivity index is 1.61. The Kier molecular flexibility index (Phi) is 6.34. The molecule has 2 unspecified atom stereocenters. The van der Waals surface area contributed by atoms with Crippen LogP contribution in [0.4, 0.5) is 0 Å². The summed E-state index contributed by atoms with van der Waals surface area (Å²) in [5, 5.41) is 9.77. The number of fused-ring (bicyclic) bond motifs is 2. The van der Waals surface area contributed by atoms with E-state index in [9.17, 15) is 9.90 Å². The second kappa shape index (κ2) is 8.02. The smallest absolute Gasteiger partial charge is 0.223 e. The number of unbranched alkanes of at least 4 members (excludes halogenated alkanes) is 6. The number of nitrogens with zero attached hydrogens (tertiary/aromatic N) is 1. The molecule has 0 aliphatic carbocycles. The molecule has 1 N–H and O–H groups in total. The Morgan fingerprint density at radius 2 is 1.55 bits per heavy atom. The summed E-state index contributed by atoms with van der Waals surface area (Å²) >= 11 is 0. The molecule has 2 fully saturated rings. The third kappa shape index (κ3) is 4.21. The van der Waals surface area contributed by atoms with Crippen LogP contribution in [-0.4, -0.2) is 34.1 Å². The maximum atomic E-state index is 12.3. The van der Waals surface area contributed by atoms with Gasteiger partial charge in [0.1, 0.15) is 0 Å². The zero-order valence-electron chi connectivity index (χ0n) is 13.0. The molecule has 2 atom stereocenters. The molecule has 2 bridgehead atoms. The van der Waals surface area contributed by atoms with E-state index < -0.39 is 0 Å². The van der Waals surface area contributed by atoms with Crippen molar-refractivity contribution in [1.29, 1.82) is 0 Å². The normalized spacial score (nSPS) is 28.9. The minimum atomic E-state index is -0.171. The fourth-order valence-corrected chi connectivity index (χ4v) is 3.92. The van der Waals surface area contributed by atoms with Crippen LogP contribution < -0.4 is 0 Å². The first-order chi connectivity index (χ1) is 9.72. The molecule has 0 aromatic rings. The summed E-state index contributed by atoms with van der Waals surface area (Å²) in [6.07, 6.45) is 13.2. The van der Waals surface area contributed by atoms with Crippen molar-refractivity contribution in [2.75, 3.05) is 0 Å². The molecule has 2 saturated heterocycles. The standard InChI is InChI=1S/C17H31NO2/c1-2-3-4-5-6-7-8-9-17(20)18-14-10-11-15(18)13-16(19)12-14/h14-16,19H,2-13H2,1H3. The van der Waals surface area contributed by atoms with Crippen LogP contribution >= 0.6 is 0 Å². The Hall–Kier alpha value is -0.570. The van der Waals surface area contributed by atoms with Crippen LogP contribution in [0.3, 0.4) is 0 Å². The van der Waals surface area contributed by atoms with E-state index in [4.69, 9.17) is 0 Å². The summed E-state index contributed by atoms with van der Waals surface area (Å²) in [6.45, 7) is 2.24. The molecule has 116 valence electrons. The van der Waals surface area contributed by atoms with Gasteiger partial charge in [-0.25, -0.2) is 0 Å². The lowest BCUT2D eigenvalue weighted by Gasteiger charge is -2.37. The van der Waals surface area contributed by atoms with Crippen molar-refractivity contribution in [3.63, 3.8) is 0 Å². The second-order valence-corrected chi connectivity index (χ2v) is 6.68. The number of aliphatic hydroxyl groups excluding tert-OH is 1. The van der Waals surface area contributed by atoms with Crippen molar-refractivity contribution < 1.29 is 9.90 Å². The summed E-state index contributed by atoms with van der Waals surface area (Å²) in [5.41, 5.74) is 0. The predicted octanol–water partition coefficient (Wildman–Crippen LogP) is 3.64. The number of carbonyl (C=O) groups is 1. The minimum Gasteiger partial charge on any atom is -0.393 e. The highest BCUT2D eigenvalue weighted by molar-refractivity contribution is 5.77. The Morgan fingerprint density at radius 1 is 1.00 bits per heavy atom. The van der Waals surface area contributed by atoms with Crippen molar-refractivity contribution in [2.24, 2.45) is 0 Å². The zero-order chi connectivity index (χ0) is 14.4. The van der Waals surface area contributed by atoms with Crippen LogP contribution in [0.2, 0.25) is 0 Å². The number of amides is 1. The molecule has 2 aliphatic rings. The largest absolute Gasteiger partial charge is 0.393 e. The summed E-state index contributed by atoms with van der Waals surface area (Å²) in [4.78, 5) is 14.5. The van der Waals surface area contributed by atoms with Gasteiger partial charge in [0.2, 0.25) is 5.91 Å². The molecular formula is C17H31NO2. The molecule has 20 heavy (non-hydrogen) atoms. The van der Waals surface area contributed by atoms with Gasteiger partial charge in [-0.1, -0.05) is 45.4 Å². The highest BCUT2D eigenvalue weighted by Crippen LogP contribution is 2.36. The lowest BCUT2D eigenvalue weighted by molar-refractivity contribution is -0.137. The highest BCUT2D eigenvalue weighted by atomic mass is 16.3.